The lowest BCUT2D eigenvalue weighted by Gasteiger charge is -2.40. The zero-order valence-corrected chi connectivity index (χ0v) is 11.8. The molecule has 0 amide bonds. The van der Waals surface area contributed by atoms with E-state index in [9.17, 15) is 9.18 Å². The molecule has 0 spiro atoms. The summed E-state index contributed by atoms with van der Waals surface area (Å²) in [7, 11) is 4.33. The Morgan fingerprint density at radius 1 is 1.35 bits per heavy atom. The second-order valence-corrected chi connectivity index (χ2v) is 4.61. The maximum atomic E-state index is 13.9. The summed E-state index contributed by atoms with van der Waals surface area (Å²) in [6.07, 6.45) is -0.726. The Bertz CT molecular complexity index is 488. The summed E-state index contributed by atoms with van der Waals surface area (Å²) in [6.45, 7) is 1.26. The van der Waals surface area contributed by atoms with Gasteiger partial charge in [0.05, 0.1) is 18.9 Å². The van der Waals surface area contributed by atoms with Gasteiger partial charge in [-0.1, -0.05) is 6.07 Å². The number of benzene rings is 1. The van der Waals surface area contributed by atoms with Gasteiger partial charge in [-0.2, -0.15) is 0 Å². The highest BCUT2D eigenvalue weighted by atomic mass is 19.1. The van der Waals surface area contributed by atoms with Crippen molar-refractivity contribution in [2.24, 2.45) is 0 Å². The number of nitrogens with zero attached hydrogens (tertiary/aromatic N) is 1. The van der Waals surface area contributed by atoms with Crippen LogP contribution in [-0.4, -0.2) is 46.5 Å². The molecule has 0 bridgehead atoms. The highest BCUT2D eigenvalue weighted by Crippen LogP contribution is 2.29. The Labute approximate surface area is 117 Å². The van der Waals surface area contributed by atoms with Crippen LogP contribution in [0.15, 0.2) is 18.2 Å². The van der Waals surface area contributed by atoms with Crippen molar-refractivity contribution in [2.75, 3.05) is 39.3 Å². The number of esters is 1. The molecule has 1 aromatic carbocycles. The highest BCUT2D eigenvalue weighted by Gasteiger charge is 2.30. The first-order valence-corrected chi connectivity index (χ1v) is 6.28. The van der Waals surface area contributed by atoms with Gasteiger partial charge in [0.25, 0.3) is 0 Å². The quantitative estimate of drug-likeness (QED) is 0.767. The summed E-state index contributed by atoms with van der Waals surface area (Å²) in [4.78, 5) is 13.5. The third-order valence-electron chi connectivity index (χ3n) is 3.45. The van der Waals surface area contributed by atoms with Crippen molar-refractivity contribution in [2.45, 2.75) is 12.2 Å². The van der Waals surface area contributed by atoms with Crippen molar-refractivity contribution < 1.29 is 23.4 Å². The summed E-state index contributed by atoms with van der Waals surface area (Å²) in [6, 6.07) is 4.48. The molecule has 0 N–H and O–H groups in total. The number of carbonyl (C=O) groups is 1. The van der Waals surface area contributed by atoms with E-state index in [0.29, 0.717) is 24.3 Å². The maximum Gasteiger partial charge on any atom is 0.339 e. The molecule has 6 heteroatoms. The van der Waals surface area contributed by atoms with Crippen LogP contribution in [0.5, 0.6) is 0 Å². The largest absolute Gasteiger partial charge is 0.467 e. The van der Waals surface area contributed by atoms with Gasteiger partial charge in [0, 0.05) is 27.3 Å². The van der Waals surface area contributed by atoms with E-state index in [2.05, 4.69) is 4.74 Å². The Hall–Kier alpha value is -1.66. The van der Waals surface area contributed by atoms with Crippen LogP contribution in [0.25, 0.3) is 0 Å². The first-order valence-electron chi connectivity index (χ1n) is 6.28. The number of carbonyl (C=O) groups excluding carboxylic acids is 1. The molecule has 5 nitrogen and oxygen atoms in total. The molecule has 1 aliphatic heterocycles. The molecule has 1 unspecified atom stereocenters. The van der Waals surface area contributed by atoms with E-state index in [4.69, 9.17) is 9.47 Å². The van der Waals surface area contributed by atoms with Gasteiger partial charge in [-0.05, 0) is 17.7 Å². The average Bonchev–Trinajstić information content (AvgIpc) is 2.41. The third kappa shape index (κ3) is 2.76. The molecule has 1 fully saturated rings. The van der Waals surface area contributed by atoms with E-state index in [1.807, 2.05) is 4.90 Å². The number of halogens is 1. The molecule has 110 valence electrons. The molecule has 0 aliphatic carbocycles. The lowest BCUT2D eigenvalue weighted by molar-refractivity contribution is -0.152. The highest BCUT2D eigenvalue weighted by molar-refractivity contribution is 5.77. The lowest BCUT2D eigenvalue weighted by Crippen LogP contribution is -2.52. The summed E-state index contributed by atoms with van der Waals surface area (Å²) in [5.74, 6) is -0.841. The van der Waals surface area contributed by atoms with Crippen LogP contribution in [0.4, 0.5) is 10.1 Å². The first kappa shape index (κ1) is 14.7. The number of anilines is 1. The SMILES string of the molecule is COC(=O)C(OC)c1ccc(F)c(N2CC(OC)C2)c1. The van der Waals surface area contributed by atoms with Crippen molar-refractivity contribution in [1.29, 1.82) is 0 Å². The normalized spacial score (nSPS) is 16.7. The molecule has 0 saturated carbocycles. The van der Waals surface area contributed by atoms with Crippen LogP contribution in [0.1, 0.15) is 11.7 Å². The number of ether oxygens (including phenoxy) is 3. The van der Waals surface area contributed by atoms with Crippen LogP contribution in [-0.2, 0) is 19.0 Å². The van der Waals surface area contributed by atoms with E-state index in [1.54, 1.807) is 13.2 Å². The van der Waals surface area contributed by atoms with E-state index in [0.717, 1.165) is 0 Å². The second kappa shape index (κ2) is 6.19. The van der Waals surface area contributed by atoms with Crippen LogP contribution < -0.4 is 4.90 Å². The fourth-order valence-corrected chi connectivity index (χ4v) is 2.19. The summed E-state index contributed by atoms with van der Waals surface area (Å²) in [5.41, 5.74) is 1.01. The van der Waals surface area contributed by atoms with Gasteiger partial charge >= 0.3 is 5.97 Å². The van der Waals surface area contributed by atoms with Crippen LogP contribution in [0, 0.1) is 5.82 Å². The Morgan fingerprint density at radius 2 is 2.05 bits per heavy atom. The van der Waals surface area contributed by atoms with Crippen molar-refractivity contribution >= 4 is 11.7 Å². The number of rotatable bonds is 5. The smallest absolute Gasteiger partial charge is 0.339 e. The second-order valence-electron chi connectivity index (χ2n) is 4.61. The fourth-order valence-electron chi connectivity index (χ4n) is 2.19. The molecular formula is C14H18FNO4. The van der Waals surface area contributed by atoms with Crippen molar-refractivity contribution in [3.63, 3.8) is 0 Å². The topological polar surface area (TPSA) is 48.0 Å². The summed E-state index contributed by atoms with van der Waals surface area (Å²) in [5, 5.41) is 0. The number of hydrogen-bond acceptors (Lipinski definition) is 5. The van der Waals surface area contributed by atoms with E-state index in [1.165, 1.54) is 26.4 Å². The predicted octanol–water partition coefficient (Wildman–Crippen LogP) is 1.52. The van der Waals surface area contributed by atoms with Gasteiger partial charge in [-0.3, -0.25) is 0 Å². The van der Waals surface area contributed by atoms with E-state index < -0.39 is 12.1 Å². The number of methoxy groups -OCH3 is 3. The molecule has 1 aliphatic rings. The summed E-state index contributed by atoms with van der Waals surface area (Å²) < 4.78 is 28.8. The van der Waals surface area contributed by atoms with Gasteiger partial charge in [0.2, 0.25) is 0 Å². The Morgan fingerprint density at radius 3 is 2.60 bits per heavy atom. The molecule has 20 heavy (non-hydrogen) atoms. The molecule has 1 saturated heterocycles. The molecule has 1 heterocycles. The van der Waals surface area contributed by atoms with Gasteiger partial charge in [-0.15, -0.1) is 0 Å². The molecule has 1 atom stereocenters. The predicted molar refractivity (Wildman–Crippen MR) is 71.2 cm³/mol. The monoisotopic (exact) mass is 283 g/mol. The van der Waals surface area contributed by atoms with Crippen LogP contribution >= 0.6 is 0 Å². The lowest BCUT2D eigenvalue weighted by atomic mass is 10.0. The van der Waals surface area contributed by atoms with Gasteiger partial charge in [0.15, 0.2) is 6.10 Å². The zero-order chi connectivity index (χ0) is 14.7. The maximum absolute atomic E-state index is 13.9. The van der Waals surface area contributed by atoms with Gasteiger partial charge < -0.3 is 19.1 Å². The minimum atomic E-state index is -0.848. The van der Waals surface area contributed by atoms with E-state index >= 15 is 0 Å². The van der Waals surface area contributed by atoms with Crippen molar-refractivity contribution in [1.82, 2.24) is 0 Å². The van der Waals surface area contributed by atoms with Gasteiger partial charge in [0.1, 0.15) is 5.82 Å². The minimum Gasteiger partial charge on any atom is -0.467 e. The van der Waals surface area contributed by atoms with Crippen molar-refractivity contribution in [3.05, 3.63) is 29.6 Å². The van der Waals surface area contributed by atoms with Crippen molar-refractivity contribution in [3.8, 4) is 0 Å². The van der Waals surface area contributed by atoms with Crippen LogP contribution in [0.3, 0.4) is 0 Å². The van der Waals surface area contributed by atoms with Crippen LogP contribution in [0.2, 0.25) is 0 Å². The fraction of sp³-hybridized carbons (Fsp3) is 0.500. The average molecular weight is 283 g/mol. The Balaban J connectivity index is 2.22. The van der Waals surface area contributed by atoms with Gasteiger partial charge in [-0.25, -0.2) is 9.18 Å². The minimum absolute atomic E-state index is 0.122. The van der Waals surface area contributed by atoms with E-state index in [-0.39, 0.29) is 11.9 Å². The molecule has 2 rings (SSSR count). The molecule has 0 aromatic heterocycles. The summed E-state index contributed by atoms with van der Waals surface area (Å²) >= 11 is 0. The molecule has 1 aromatic rings. The first-order chi connectivity index (χ1) is 9.60. The zero-order valence-electron chi connectivity index (χ0n) is 11.8. The Kier molecular flexibility index (Phi) is 4.57. The standard InChI is InChI=1S/C14H18FNO4/c1-18-10-7-16(8-10)12-6-9(4-5-11(12)15)13(19-2)14(17)20-3/h4-6,10,13H,7-8H2,1-3H3. The molecular weight excluding hydrogens is 265 g/mol. The third-order valence-corrected chi connectivity index (χ3v) is 3.45. The number of hydrogen-bond donors (Lipinski definition) is 0. The molecule has 0 radical (unpaired) electrons.